The van der Waals surface area contributed by atoms with Gasteiger partial charge < -0.3 is 14.5 Å². The Bertz CT molecular complexity index is 892. The van der Waals surface area contributed by atoms with Crippen LogP contribution in [0.25, 0.3) is 22.7 Å². The molecule has 0 aliphatic carbocycles. The van der Waals surface area contributed by atoms with Crippen LogP contribution in [0.2, 0.25) is 0 Å². The minimum Gasteiger partial charge on any atom is -0.435 e. The Morgan fingerprint density at radius 1 is 1.25 bits per heavy atom. The summed E-state index contributed by atoms with van der Waals surface area (Å²) in [4.78, 5) is 9.66. The first-order valence-electron chi connectivity index (χ1n) is 7.62. The first-order valence-corrected chi connectivity index (χ1v) is 8.94. The topological polar surface area (TPSA) is 77.2 Å². The van der Waals surface area contributed by atoms with E-state index in [4.69, 9.17) is 9.15 Å². The third-order valence-corrected chi connectivity index (χ3v) is 4.85. The van der Waals surface area contributed by atoms with E-state index in [0.717, 1.165) is 11.1 Å². The molecule has 126 valence electrons. The fourth-order valence-corrected chi connectivity index (χ4v) is 3.20. The van der Waals surface area contributed by atoms with Gasteiger partial charge in [-0.1, -0.05) is 13.0 Å². The van der Waals surface area contributed by atoms with Crippen LogP contribution in [0.5, 0.6) is 0 Å². The fourth-order valence-electron chi connectivity index (χ4n) is 2.32. The monoisotopic (exact) mass is 345 g/mol. The van der Waals surface area contributed by atoms with Crippen molar-refractivity contribution in [2.75, 3.05) is 24.9 Å². The Hall–Kier alpha value is -2.25. The van der Waals surface area contributed by atoms with Gasteiger partial charge in [-0.05, 0) is 36.8 Å². The van der Waals surface area contributed by atoms with Gasteiger partial charge in [-0.3, -0.25) is 4.21 Å². The number of nitrogens with one attached hydrogen (secondary N) is 1. The Kier molecular flexibility index (Phi) is 4.92. The van der Waals surface area contributed by atoms with Gasteiger partial charge in [-0.2, -0.15) is 0 Å². The number of oxazole rings is 1. The lowest BCUT2D eigenvalue weighted by Crippen LogP contribution is -2.07. The first kappa shape index (κ1) is 16.6. The Balaban J connectivity index is 2.12. The molecule has 1 N–H and O–H groups in total. The minimum atomic E-state index is -1.16. The van der Waals surface area contributed by atoms with E-state index in [1.165, 1.54) is 0 Å². The number of nitrogens with zero attached hydrogens (tertiary/aromatic N) is 2. The number of rotatable bonds is 6. The molecule has 6 nitrogen and oxygen atoms in total. The van der Waals surface area contributed by atoms with Crippen molar-refractivity contribution in [2.24, 2.45) is 0 Å². The Morgan fingerprint density at radius 2 is 2.08 bits per heavy atom. The van der Waals surface area contributed by atoms with Crippen LogP contribution in [-0.4, -0.2) is 33.8 Å². The zero-order valence-electron chi connectivity index (χ0n) is 13.8. The van der Waals surface area contributed by atoms with Crippen LogP contribution < -0.4 is 5.32 Å². The molecule has 0 radical (unpaired) electrons. The second-order valence-corrected chi connectivity index (χ2v) is 6.99. The van der Waals surface area contributed by atoms with Gasteiger partial charge in [-0.25, -0.2) is 9.97 Å². The SMILES string of the molecule is CCS(=O)c1ccc(NCOC)nc1-c1nc2cc(C)ccc2o1. The van der Waals surface area contributed by atoms with E-state index < -0.39 is 10.8 Å². The zero-order valence-corrected chi connectivity index (χ0v) is 14.6. The van der Waals surface area contributed by atoms with Crippen molar-refractivity contribution < 1.29 is 13.4 Å². The standard InChI is InChI=1S/C17H19N3O3S/c1-4-24(21)14-7-8-15(18-10-22-3)20-16(14)17-19-12-9-11(2)5-6-13(12)23-17/h5-9H,4,10H2,1-3H3,(H,18,20). The molecule has 0 aliphatic heterocycles. The molecule has 0 saturated heterocycles. The first-order chi connectivity index (χ1) is 11.6. The van der Waals surface area contributed by atoms with E-state index in [1.807, 2.05) is 32.0 Å². The molecule has 1 atom stereocenters. The molecule has 3 rings (SSSR count). The molecule has 0 amide bonds. The van der Waals surface area contributed by atoms with E-state index in [0.29, 0.717) is 40.4 Å². The van der Waals surface area contributed by atoms with Gasteiger partial charge in [0.2, 0.25) is 5.89 Å². The van der Waals surface area contributed by atoms with Crippen LogP contribution in [0.15, 0.2) is 39.6 Å². The van der Waals surface area contributed by atoms with Crippen molar-refractivity contribution in [3.63, 3.8) is 0 Å². The summed E-state index contributed by atoms with van der Waals surface area (Å²) in [7, 11) is 0.431. The number of aryl methyl sites for hydroxylation is 1. The summed E-state index contributed by atoms with van der Waals surface area (Å²) in [6.45, 7) is 4.20. The number of methoxy groups -OCH3 is 1. The molecule has 0 saturated carbocycles. The number of pyridine rings is 1. The van der Waals surface area contributed by atoms with Gasteiger partial charge in [0.25, 0.3) is 0 Å². The highest BCUT2D eigenvalue weighted by Crippen LogP contribution is 2.29. The van der Waals surface area contributed by atoms with Crippen molar-refractivity contribution in [3.05, 3.63) is 35.9 Å². The predicted octanol–water partition coefficient (Wildman–Crippen LogP) is 3.34. The molecule has 1 unspecified atom stereocenters. The Labute approximate surface area is 142 Å². The number of hydrogen-bond donors (Lipinski definition) is 1. The van der Waals surface area contributed by atoms with E-state index in [-0.39, 0.29) is 0 Å². The van der Waals surface area contributed by atoms with Crippen molar-refractivity contribution >= 4 is 27.7 Å². The van der Waals surface area contributed by atoms with Gasteiger partial charge in [0, 0.05) is 12.9 Å². The molecule has 1 aromatic carbocycles. The summed E-state index contributed by atoms with van der Waals surface area (Å²) in [6, 6.07) is 9.36. The molecule has 0 aliphatic rings. The average Bonchev–Trinajstić information content (AvgIpc) is 3.02. The lowest BCUT2D eigenvalue weighted by Gasteiger charge is -2.09. The van der Waals surface area contributed by atoms with Gasteiger partial charge in [0.05, 0.1) is 15.7 Å². The van der Waals surface area contributed by atoms with Crippen molar-refractivity contribution in [3.8, 4) is 11.6 Å². The van der Waals surface area contributed by atoms with Crippen molar-refractivity contribution in [1.29, 1.82) is 0 Å². The van der Waals surface area contributed by atoms with Crippen molar-refractivity contribution in [2.45, 2.75) is 18.7 Å². The molecule has 3 aromatic rings. The van der Waals surface area contributed by atoms with Gasteiger partial charge in [-0.15, -0.1) is 0 Å². The van der Waals surface area contributed by atoms with Gasteiger partial charge >= 0.3 is 0 Å². The molecule has 7 heteroatoms. The third-order valence-electron chi connectivity index (χ3n) is 3.51. The predicted molar refractivity (Wildman–Crippen MR) is 94.4 cm³/mol. The molecular formula is C17H19N3O3S. The highest BCUT2D eigenvalue weighted by atomic mass is 32.2. The lowest BCUT2D eigenvalue weighted by molar-refractivity contribution is 0.221. The summed E-state index contributed by atoms with van der Waals surface area (Å²) in [5.41, 5.74) is 3.03. The molecule has 2 aromatic heterocycles. The maximum Gasteiger partial charge on any atom is 0.247 e. The number of ether oxygens (including phenoxy) is 1. The average molecular weight is 345 g/mol. The van der Waals surface area contributed by atoms with Gasteiger partial charge in [0.1, 0.15) is 23.8 Å². The van der Waals surface area contributed by atoms with Crippen LogP contribution in [0.3, 0.4) is 0 Å². The summed E-state index contributed by atoms with van der Waals surface area (Å²) in [5.74, 6) is 1.48. The molecular weight excluding hydrogens is 326 g/mol. The zero-order chi connectivity index (χ0) is 17.1. The van der Waals surface area contributed by atoms with Crippen molar-refractivity contribution in [1.82, 2.24) is 9.97 Å². The van der Waals surface area contributed by atoms with E-state index in [2.05, 4.69) is 15.3 Å². The lowest BCUT2D eigenvalue weighted by atomic mass is 10.2. The van der Waals surface area contributed by atoms with Crippen LogP contribution in [0.1, 0.15) is 12.5 Å². The van der Waals surface area contributed by atoms with E-state index >= 15 is 0 Å². The van der Waals surface area contributed by atoms with Crippen LogP contribution in [0, 0.1) is 6.92 Å². The number of aromatic nitrogens is 2. The largest absolute Gasteiger partial charge is 0.435 e. The van der Waals surface area contributed by atoms with Crippen LogP contribution in [0.4, 0.5) is 5.82 Å². The van der Waals surface area contributed by atoms with Crippen LogP contribution >= 0.6 is 0 Å². The summed E-state index contributed by atoms with van der Waals surface area (Å²) in [5, 5.41) is 3.03. The van der Waals surface area contributed by atoms with Crippen LogP contribution in [-0.2, 0) is 15.5 Å². The highest BCUT2D eigenvalue weighted by molar-refractivity contribution is 7.85. The Morgan fingerprint density at radius 3 is 2.83 bits per heavy atom. The number of hydrogen-bond acceptors (Lipinski definition) is 6. The van der Waals surface area contributed by atoms with E-state index in [1.54, 1.807) is 19.2 Å². The molecule has 0 fully saturated rings. The highest BCUT2D eigenvalue weighted by Gasteiger charge is 2.18. The normalized spacial score (nSPS) is 12.5. The maximum atomic E-state index is 12.4. The maximum absolute atomic E-state index is 12.4. The molecule has 0 spiro atoms. The smallest absolute Gasteiger partial charge is 0.247 e. The minimum absolute atomic E-state index is 0.329. The third kappa shape index (κ3) is 3.32. The number of anilines is 1. The second-order valence-electron chi connectivity index (χ2n) is 5.28. The second kappa shape index (κ2) is 7.11. The number of fused-ring (bicyclic) bond motifs is 1. The van der Waals surface area contributed by atoms with Gasteiger partial charge in [0.15, 0.2) is 5.58 Å². The quantitative estimate of drug-likeness (QED) is 0.691. The molecule has 0 bridgehead atoms. The summed E-state index contributed by atoms with van der Waals surface area (Å²) in [6.07, 6.45) is 0. The summed E-state index contributed by atoms with van der Waals surface area (Å²) >= 11 is 0. The summed E-state index contributed by atoms with van der Waals surface area (Å²) < 4.78 is 23.2. The van der Waals surface area contributed by atoms with E-state index in [9.17, 15) is 4.21 Å². The molecule has 24 heavy (non-hydrogen) atoms. The number of benzene rings is 1. The fraction of sp³-hybridized carbons (Fsp3) is 0.294. The molecule has 2 heterocycles.